The second kappa shape index (κ2) is 6.82. The van der Waals surface area contributed by atoms with Gasteiger partial charge in [0.05, 0.1) is 5.56 Å². The maximum absolute atomic E-state index is 13.8. The summed E-state index contributed by atoms with van der Waals surface area (Å²) in [5.74, 6) is 0.0229. The molecule has 0 aromatic heterocycles. The van der Waals surface area contributed by atoms with E-state index in [-0.39, 0.29) is 16.8 Å². The van der Waals surface area contributed by atoms with E-state index >= 15 is 0 Å². The summed E-state index contributed by atoms with van der Waals surface area (Å²) in [5, 5.41) is 3.35. The topological polar surface area (TPSA) is 41.3 Å². The van der Waals surface area contributed by atoms with Gasteiger partial charge < -0.3 is 16.0 Å². The molecule has 106 valence electrons. The number of anilines is 1. The van der Waals surface area contributed by atoms with Crippen molar-refractivity contribution in [3.8, 4) is 0 Å². The van der Waals surface area contributed by atoms with Crippen LogP contribution in [-0.2, 0) is 0 Å². The zero-order chi connectivity index (χ0) is 14.6. The van der Waals surface area contributed by atoms with Crippen molar-refractivity contribution in [3.63, 3.8) is 0 Å². The van der Waals surface area contributed by atoms with Crippen LogP contribution in [0.25, 0.3) is 0 Å². The lowest BCUT2D eigenvalue weighted by atomic mass is 10.0. The minimum atomic E-state index is -0.384. The quantitative estimate of drug-likeness (QED) is 0.787. The number of halogens is 1. The second-order valence-electron chi connectivity index (χ2n) is 5.28. The average molecular weight is 283 g/mol. The first-order chi connectivity index (χ1) is 8.82. The third-order valence-corrected chi connectivity index (χ3v) is 3.17. The Morgan fingerprint density at radius 1 is 1.42 bits per heavy atom. The fraction of sp³-hybridized carbons (Fsp3) is 0.500. The lowest BCUT2D eigenvalue weighted by Gasteiger charge is -2.27. The largest absolute Gasteiger partial charge is 0.389 e. The van der Waals surface area contributed by atoms with Crippen LogP contribution >= 0.6 is 12.2 Å². The van der Waals surface area contributed by atoms with Gasteiger partial charge in [-0.3, -0.25) is 0 Å². The van der Waals surface area contributed by atoms with E-state index in [2.05, 4.69) is 24.1 Å². The second-order valence-corrected chi connectivity index (χ2v) is 5.72. The number of hydrogen-bond donors (Lipinski definition) is 2. The lowest BCUT2D eigenvalue weighted by molar-refractivity contribution is 0.344. The Bertz CT molecular complexity index is 446. The van der Waals surface area contributed by atoms with Gasteiger partial charge in [0.25, 0.3) is 0 Å². The van der Waals surface area contributed by atoms with Crippen LogP contribution in [0, 0.1) is 11.7 Å². The Kier molecular flexibility index (Phi) is 5.69. The van der Waals surface area contributed by atoms with Crippen LogP contribution < -0.4 is 11.1 Å². The lowest BCUT2D eigenvalue weighted by Crippen LogP contribution is -2.37. The van der Waals surface area contributed by atoms with Crippen LogP contribution in [0.15, 0.2) is 18.2 Å². The van der Waals surface area contributed by atoms with E-state index < -0.39 is 0 Å². The molecule has 0 radical (unpaired) electrons. The van der Waals surface area contributed by atoms with Crippen LogP contribution in [0.2, 0.25) is 0 Å². The number of nitrogens with two attached hydrogens (primary N) is 1. The van der Waals surface area contributed by atoms with E-state index in [4.69, 9.17) is 18.0 Å². The SMILES string of the molecule is CC(C)C(CN(C)C)Nc1cccc(F)c1C(N)=S. The molecule has 0 saturated heterocycles. The van der Waals surface area contributed by atoms with E-state index in [9.17, 15) is 4.39 Å². The van der Waals surface area contributed by atoms with Crippen LogP contribution in [0.3, 0.4) is 0 Å². The third kappa shape index (κ3) is 4.44. The fourth-order valence-corrected chi connectivity index (χ4v) is 2.12. The van der Waals surface area contributed by atoms with E-state index in [1.54, 1.807) is 6.07 Å². The summed E-state index contributed by atoms with van der Waals surface area (Å²) in [6.07, 6.45) is 0. The highest BCUT2D eigenvalue weighted by Crippen LogP contribution is 2.21. The number of nitrogens with one attached hydrogen (secondary N) is 1. The molecule has 1 unspecified atom stereocenters. The van der Waals surface area contributed by atoms with Crippen molar-refractivity contribution in [1.82, 2.24) is 4.90 Å². The first kappa shape index (κ1) is 15.9. The molecule has 0 aliphatic rings. The number of hydrogen-bond acceptors (Lipinski definition) is 3. The third-order valence-electron chi connectivity index (χ3n) is 2.97. The monoisotopic (exact) mass is 283 g/mol. The maximum Gasteiger partial charge on any atom is 0.135 e. The smallest absolute Gasteiger partial charge is 0.135 e. The molecule has 0 heterocycles. The van der Waals surface area contributed by atoms with Crippen molar-refractivity contribution in [2.75, 3.05) is 26.0 Å². The molecular weight excluding hydrogens is 261 g/mol. The molecule has 0 bridgehead atoms. The van der Waals surface area contributed by atoms with Crippen LogP contribution in [0.5, 0.6) is 0 Å². The first-order valence-electron chi connectivity index (χ1n) is 6.32. The summed E-state index contributed by atoms with van der Waals surface area (Å²) < 4.78 is 13.8. The van der Waals surface area contributed by atoms with Crippen molar-refractivity contribution in [2.24, 2.45) is 11.7 Å². The Morgan fingerprint density at radius 2 is 2.05 bits per heavy atom. The molecule has 1 rings (SSSR count). The molecule has 0 saturated carbocycles. The molecule has 0 aliphatic heterocycles. The van der Waals surface area contributed by atoms with Gasteiger partial charge in [-0.1, -0.05) is 32.1 Å². The summed E-state index contributed by atoms with van der Waals surface area (Å²) in [7, 11) is 4.02. The van der Waals surface area contributed by atoms with Crippen molar-refractivity contribution in [2.45, 2.75) is 19.9 Å². The summed E-state index contributed by atoms with van der Waals surface area (Å²) in [6, 6.07) is 5.04. The summed E-state index contributed by atoms with van der Waals surface area (Å²) >= 11 is 4.93. The average Bonchev–Trinajstić information content (AvgIpc) is 2.26. The predicted molar refractivity (Wildman–Crippen MR) is 83.1 cm³/mol. The summed E-state index contributed by atoms with van der Waals surface area (Å²) in [6.45, 7) is 5.10. The van der Waals surface area contributed by atoms with Crippen molar-refractivity contribution < 1.29 is 4.39 Å². The number of rotatable bonds is 6. The van der Waals surface area contributed by atoms with Gasteiger partial charge in [-0.2, -0.15) is 0 Å². The minimum absolute atomic E-state index is 0.0768. The fourth-order valence-electron chi connectivity index (χ4n) is 1.91. The highest BCUT2D eigenvalue weighted by molar-refractivity contribution is 7.80. The zero-order valence-corrected chi connectivity index (χ0v) is 12.7. The summed E-state index contributed by atoms with van der Waals surface area (Å²) in [5.41, 5.74) is 6.56. The molecule has 3 nitrogen and oxygen atoms in total. The van der Waals surface area contributed by atoms with Gasteiger partial charge in [0.15, 0.2) is 0 Å². The number of thiocarbonyl (C=S) groups is 1. The Morgan fingerprint density at radius 3 is 2.53 bits per heavy atom. The Hall–Kier alpha value is -1.20. The molecule has 0 fully saturated rings. The van der Waals surface area contributed by atoms with Crippen molar-refractivity contribution >= 4 is 22.9 Å². The zero-order valence-electron chi connectivity index (χ0n) is 11.9. The van der Waals surface area contributed by atoms with Gasteiger partial charge in [0.2, 0.25) is 0 Å². The van der Waals surface area contributed by atoms with Crippen LogP contribution in [0.1, 0.15) is 19.4 Å². The van der Waals surface area contributed by atoms with E-state index in [0.29, 0.717) is 17.2 Å². The van der Waals surface area contributed by atoms with Crippen molar-refractivity contribution in [3.05, 3.63) is 29.6 Å². The van der Waals surface area contributed by atoms with Gasteiger partial charge in [-0.25, -0.2) is 4.39 Å². The molecule has 5 heteroatoms. The summed E-state index contributed by atoms with van der Waals surface area (Å²) in [4.78, 5) is 2.17. The van der Waals surface area contributed by atoms with Gasteiger partial charge in [0, 0.05) is 18.3 Å². The molecule has 0 aliphatic carbocycles. The molecule has 0 amide bonds. The van der Waals surface area contributed by atoms with Crippen molar-refractivity contribution in [1.29, 1.82) is 0 Å². The highest BCUT2D eigenvalue weighted by atomic mass is 32.1. The predicted octanol–water partition coefficient (Wildman–Crippen LogP) is 2.46. The standard InChI is InChI=1S/C14H22FN3S/c1-9(2)12(8-18(3)4)17-11-7-5-6-10(15)13(11)14(16)19/h5-7,9,12,17H,8H2,1-4H3,(H2,16,19). The minimum Gasteiger partial charge on any atom is -0.389 e. The molecule has 1 aromatic rings. The van der Waals surface area contributed by atoms with Gasteiger partial charge in [0.1, 0.15) is 10.8 Å². The number of nitrogens with zero attached hydrogens (tertiary/aromatic N) is 1. The maximum atomic E-state index is 13.8. The van der Waals surface area contributed by atoms with E-state index in [1.807, 2.05) is 20.2 Å². The normalized spacial score (nSPS) is 12.8. The van der Waals surface area contributed by atoms with Crippen LogP contribution in [0.4, 0.5) is 10.1 Å². The Labute approximate surface area is 120 Å². The molecular formula is C14H22FN3S. The highest BCUT2D eigenvalue weighted by Gasteiger charge is 2.18. The van der Waals surface area contributed by atoms with Gasteiger partial charge >= 0.3 is 0 Å². The molecule has 19 heavy (non-hydrogen) atoms. The molecule has 1 aromatic carbocycles. The molecule has 0 spiro atoms. The van der Waals surface area contributed by atoms with Gasteiger partial charge in [-0.15, -0.1) is 0 Å². The number of likely N-dealkylation sites (N-methyl/N-ethyl adjacent to an activating group) is 1. The number of benzene rings is 1. The van der Waals surface area contributed by atoms with Crippen LogP contribution in [-0.4, -0.2) is 36.6 Å². The Balaban J connectivity index is 3.02. The van der Waals surface area contributed by atoms with E-state index in [1.165, 1.54) is 6.07 Å². The molecule has 1 atom stereocenters. The molecule has 3 N–H and O–H groups in total. The first-order valence-corrected chi connectivity index (χ1v) is 6.73. The van der Waals surface area contributed by atoms with Gasteiger partial charge in [-0.05, 0) is 32.1 Å². The van der Waals surface area contributed by atoms with E-state index in [0.717, 1.165) is 6.54 Å².